The standard InChI is InChI=1S/C19H18ClFN2O3/c1-23-17(24)9-16(18(23)12-5-6-14(20)15(21)8-12)22-10-11-3-2-4-13(7-11)19(25)26/h2-8,16,18,22H,9-10H2,1H3,(H,25,26). The second-order valence-electron chi connectivity index (χ2n) is 6.32. The molecule has 7 heteroatoms. The zero-order chi connectivity index (χ0) is 18.8. The molecule has 2 atom stereocenters. The summed E-state index contributed by atoms with van der Waals surface area (Å²) in [6.45, 7) is 0.402. The highest BCUT2D eigenvalue weighted by molar-refractivity contribution is 6.30. The van der Waals surface area contributed by atoms with E-state index in [4.69, 9.17) is 16.7 Å². The van der Waals surface area contributed by atoms with Crippen molar-refractivity contribution in [2.75, 3.05) is 7.05 Å². The lowest BCUT2D eigenvalue weighted by atomic mass is 9.99. The Bertz CT molecular complexity index is 858. The van der Waals surface area contributed by atoms with Gasteiger partial charge >= 0.3 is 5.97 Å². The van der Waals surface area contributed by atoms with E-state index in [1.165, 1.54) is 18.2 Å². The van der Waals surface area contributed by atoms with Crippen LogP contribution in [0.4, 0.5) is 4.39 Å². The summed E-state index contributed by atoms with van der Waals surface area (Å²) in [6, 6.07) is 10.6. The number of nitrogens with one attached hydrogen (secondary N) is 1. The summed E-state index contributed by atoms with van der Waals surface area (Å²) >= 11 is 5.75. The lowest BCUT2D eigenvalue weighted by molar-refractivity contribution is -0.127. The Labute approximate surface area is 155 Å². The number of carboxylic acids is 1. The van der Waals surface area contributed by atoms with Gasteiger partial charge in [0.25, 0.3) is 0 Å². The molecule has 136 valence electrons. The van der Waals surface area contributed by atoms with E-state index in [0.29, 0.717) is 12.1 Å². The van der Waals surface area contributed by atoms with Gasteiger partial charge in [-0.25, -0.2) is 9.18 Å². The molecule has 0 saturated carbocycles. The van der Waals surface area contributed by atoms with Crippen LogP contribution >= 0.6 is 11.6 Å². The first-order chi connectivity index (χ1) is 12.4. The first-order valence-electron chi connectivity index (χ1n) is 8.13. The van der Waals surface area contributed by atoms with Gasteiger partial charge in [-0.15, -0.1) is 0 Å². The molecule has 0 spiro atoms. The molecule has 1 saturated heterocycles. The Morgan fingerprint density at radius 1 is 1.35 bits per heavy atom. The predicted molar refractivity (Wildman–Crippen MR) is 95.6 cm³/mol. The van der Waals surface area contributed by atoms with Crippen molar-refractivity contribution in [1.82, 2.24) is 10.2 Å². The first kappa shape index (κ1) is 18.4. The topological polar surface area (TPSA) is 69.6 Å². The molecule has 2 aromatic rings. The third-order valence-electron chi connectivity index (χ3n) is 4.61. The van der Waals surface area contributed by atoms with Crippen LogP contribution < -0.4 is 5.32 Å². The highest BCUT2D eigenvalue weighted by Gasteiger charge is 2.38. The quantitative estimate of drug-likeness (QED) is 0.840. The van der Waals surface area contributed by atoms with Crippen LogP contribution in [0, 0.1) is 5.82 Å². The van der Waals surface area contributed by atoms with E-state index >= 15 is 0 Å². The molecule has 1 amide bonds. The number of likely N-dealkylation sites (tertiary alicyclic amines) is 1. The van der Waals surface area contributed by atoms with Crippen molar-refractivity contribution in [3.63, 3.8) is 0 Å². The van der Waals surface area contributed by atoms with Gasteiger partial charge in [0.1, 0.15) is 5.82 Å². The summed E-state index contributed by atoms with van der Waals surface area (Å²) in [5.74, 6) is -1.55. The number of carbonyl (C=O) groups is 2. The second-order valence-corrected chi connectivity index (χ2v) is 6.73. The number of carbonyl (C=O) groups excluding carboxylic acids is 1. The second kappa shape index (κ2) is 7.43. The minimum absolute atomic E-state index is 0.0377. The van der Waals surface area contributed by atoms with Gasteiger partial charge in [0, 0.05) is 26.1 Å². The van der Waals surface area contributed by atoms with Crippen molar-refractivity contribution in [2.24, 2.45) is 0 Å². The zero-order valence-electron chi connectivity index (χ0n) is 14.1. The molecule has 3 rings (SSSR count). The Hall–Kier alpha value is -2.44. The minimum atomic E-state index is -0.989. The molecule has 0 bridgehead atoms. The number of hydrogen-bond donors (Lipinski definition) is 2. The molecule has 1 aliphatic heterocycles. The van der Waals surface area contributed by atoms with Crippen LogP contribution in [0.5, 0.6) is 0 Å². The average molecular weight is 377 g/mol. The number of benzene rings is 2. The molecular formula is C19H18ClFN2O3. The number of amides is 1. The van der Waals surface area contributed by atoms with E-state index in [9.17, 15) is 14.0 Å². The lowest BCUT2D eigenvalue weighted by Crippen LogP contribution is -2.34. The maximum atomic E-state index is 13.8. The third kappa shape index (κ3) is 3.71. The Morgan fingerprint density at radius 2 is 2.12 bits per heavy atom. The van der Waals surface area contributed by atoms with Crippen LogP contribution in [0.3, 0.4) is 0 Å². The molecule has 1 aliphatic rings. The Morgan fingerprint density at radius 3 is 2.81 bits per heavy atom. The average Bonchev–Trinajstić information content (AvgIpc) is 2.90. The summed E-state index contributed by atoms with van der Waals surface area (Å²) in [7, 11) is 1.69. The van der Waals surface area contributed by atoms with E-state index in [0.717, 1.165) is 5.56 Å². The number of likely N-dealkylation sites (N-methyl/N-ethyl adjacent to an activating group) is 1. The first-order valence-corrected chi connectivity index (χ1v) is 8.51. The van der Waals surface area contributed by atoms with Crippen LogP contribution in [0.15, 0.2) is 42.5 Å². The molecule has 0 radical (unpaired) electrons. The van der Waals surface area contributed by atoms with E-state index in [-0.39, 0.29) is 35.0 Å². The number of carboxylic acid groups (broad SMARTS) is 1. The summed E-state index contributed by atoms with van der Waals surface area (Å²) in [4.78, 5) is 24.8. The number of hydrogen-bond acceptors (Lipinski definition) is 3. The molecule has 2 N–H and O–H groups in total. The van der Waals surface area contributed by atoms with E-state index < -0.39 is 11.8 Å². The number of nitrogens with zero attached hydrogens (tertiary/aromatic N) is 1. The lowest BCUT2D eigenvalue weighted by Gasteiger charge is -2.26. The fourth-order valence-corrected chi connectivity index (χ4v) is 3.39. The zero-order valence-corrected chi connectivity index (χ0v) is 14.8. The number of halogens is 2. The van der Waals surface area contributed by atoms with Crippen molar-refractivity contribution >= 4 is 23.5 Å². The molecule has 0 aromatic heterocycles. The van der Waals surface area contributed by atoms with E-state index in [2.05, 4.69) is 5.32 Å². The van der Waals surface area contributed by atoms with E-state index in [1.54, 1.807) is 30.1 Å². The van der Waals surface area contributed by atoms with E-state index in [1.807, 2.05) is 6.07 Å². The molecule has 1 fully saturated rings. The summed E-state index contributed by atoms with van der Waals surface area (Å²) in [5.41, 5.74) is 1.67. The predicted octanol–water partition coefficient (Wildman–Crippen LogP) is 3.24. The third-order valence-corrected chi connectivity index (χ3v) is 4.92. The van der Waals surface area contributed by atoms with Crippen LogP contribution in [0.25, 0.3) is 0 Å². The van der Waals surface area contributed by atoms with Crippen LogP contribution in [-0.4, -0.2) is 35.0 Å². The van der Waals surface area contributed by atoms with Crippen molar-refractivity contribution in [3.8, 4) is 0 Å². The van der Waals surface area contributed by atoms with Crippen molar-refractivity contribution < 1.29 is 19.1 Å². The maximum absolute atomic E-state index is 13.8. The smallest absolute Gasteiger partial charge is 0.335 e. The highest BCUT2D eigenvalue weighted by atomic mass is 35.5. The van der Waals surface area contributed by atoms with Gasteiger partial charge in [-0.05, 0) is 35.4 Å². The maximum Gasteiger partial charge on any atom is 0.335 e. The Balaban J connectivity index is 1.79. The summed E-state index contributed by atoms with van der Waals surface area (Å²) < 4.78 is 13.8. The molecular weight excluding hydrogens is 359 g/mol. The summed E-state index contributed by atoms with van der Waals surface area (Å²) in [6.07, 6.45) is 0.282. The fourth-order valence-electron chi connectivity index (χ4n) is 3.27. The van der Waals surface area contributed by atoms with Gasteiger partial charge in [-0.1, -0.05) is 29.8 Å². The minimum Gasteiger partial charge on any atom is -0.478 e. The van der Waals surface area contributed by atoms with Gasteiger partial charge in [0.2, 0.25) is 5.91 Å². The molecule has 26 heavy (non-hydrogen) atoms. The highest BCUT2D eigenvalue weighted by Crippen LogP contribution is 2.33. The van der Waals surface area contributed by atoms with Gasteiger partial charge in [0.05, 0.1) is 16.6 Å². The summed E-state index contributed by atoms with van der Waals surface area (Å²) in [5, 5.41) is 12.4. The molecule has 5 nitrogen and oxygen atoms in total. The van der Waals surface area contributed by atoms with Crippen LogP contribution in [0.2, 0.25) is 5.02 Å². The molecule has 1 heterocycles. The monoisotopic (exact) mass is 376 g/mol. The fraction of sp³-hybridized carbons (Fsp3) is 0.263. The van der Waals surface area contributed by atoms with Crippen LogP contribution in [-0.2, 0) is 11.3 Å². The largest absolute Gasteiger partial charge is 0.478 e. The number of rotatable bonds is 5. The Kier molecular flexibility index (Phi) is 5.25. The SMILES string of the molecule is CN1C(=O)CC(NCc2cccc(C(=O)O)c2)C1c1ccc(Cl)c(F)c1. The molecule has 2 unspecified atom stereocenters. The normalized spacial score (nSPS) is 19.8. The van der Waals surface area contributed by atoms with Gasteiger partial charge in [0.15, 0.2) is 0 Å². The van der Waals surface area contributed by atoms with Gasteiger partial charge in [-0.2, -0.15) is 0 Å². The van der Waals surface area contributed by atoms with Crippen LogP contribution in [0.1, 0.15) is 33.9 Å². The molecule has 0 aliphatic carbocycles. The van der Waals surface area contributed by atoms with Crippen molar-refractivity contribution in [2.45, 2.75) is 25.0 Å². The van der Waals surface area contributed by atoms with Gasteiger partial charge < -0.3 is 15.3 Å². The van der Waals surface area contributed by atoms with Crippen molar-refractivity contribution in [1.29, 1.82) is 0 Å². The van der Waals surface area contributed by atoms with Crippen molar-refractivity contribution in [3.05, 3.63) is 70.0 Å². The molecule has 2 aromatic carbocycles. The number of aromatic carboxylic acids is 1. The van der Waals surface area contributed by atoms with Gasteiger partial charge in [-0.3, -0.25) is 4.79 Å².